The van der Waals surface area contributed by atoms with Gasteiger partial charge in [0.25, 0.3) is 0 Å². The topological polar surface area (TPSA) is 47.6 Å². The van der Waals surface area contributed by atoms with Gasteiger partial charge in [-0.1, -0.05) is 29.3 Å². The maximum absolute atomic E-state index is 11.9. The number of fused-ring (bicyclic) bond motifs is 1. The van der Waals surface area contributed by atoms with Crippen molar-refractivity contribution in [1.29, 1.82) is 0 Å². The van der Waals surface area contributed by atoms with E-state index in [0.717, 1.165) is 5.56 Å². The first kappa shape index (κ1) is 14.8. The average molecular weight is 336 g/mol. The van der Waals surface area contributed by atoms with Gasteiger partial charge >= 0.3 is 0 Å². The molecule has 1 N–H and O–H groups in total. The van der Waals surface area contributed by atoms with Gasteiger partial charge in [0.15, 0.2) is 11.5 Å². The molecule has 1 aliphatic rings. The minimum absolute atomic E-state index is 0.220. The van der Waals surface area contributed by atoms with Crippen molar-refractivity contribution >= 4 is 40.9 Å². The molecule has 1 heterocycles. The quantitative estimate of drug-likeness (QED) is 0.847. The van der Waals surface area contributed by atoms with Gasteiger partial charge in [-0.25, -0.2) is 0 Å². The van der Waals surface area contributed by atoms with Gasteiger partial charge in [-0.15, -0.1) is 0 Å². The summed E-state index contributed by atoms with van der Waals surface area (Å²) in [5, 5.41) is 3.59. The molecule has 2 aromatic rings. The van der Waals surface area contributed by atoms with E-state index in [1.54, 1.807) is 36.4 Å². The summed E-state index contributed by atoms with van der Waals surface area (Å²) in [4.78, 5) is 11.9. The Hall–Kier alpha value is -2.17. The Balaban J connectivity index is 1.68. The monoisotopic (exact) mass is 335 g/mol. The van der Waals surface area contributed by atoms with Crippen LogP contribution in [0.15, 0.2) is 42.5 Å². The number of nitrogens with one attached hydrogen (secondary N) is 1. The van der Waals surface area contributed by atoms with Crippen LogP contribution in [0, 0.1) is 0 Å². The number of anilines is 1. The van der Waals surface area contributed by atoms with Gasteiger partial charge in [0.2, 0.25) is 12.7 Å². The first-order valence-corrected chi connectivity index (χ1v) is 7.21. The zero-order valence-corrected chi connectivity index (χ0v) is 12.8. The number of ether oxygens (including phenoxy) is 2. The first-order valence-electron chi connectivity index (χ1n) is 6.45. The number of halogens is 2. The fraction of sp³-hybridized carbons (Fsp3) is 0.0625. The van der Waals surface area contributed by atoms with Crippen LogP contribution in [0.5, 0.6) is 11.5 Å². The third kappa shape index (κ3) is 3.35. The second-order valence-corrected chi connectivity index (χ2v) is 5.40. The molecule has 4 nitrogen and oxygen atoms in total. The van der Waals surface area contributed by atoms with E-state index in [9.17, 15) is 4.79 Å². The third-order valence-corrected chi connectivity index (χ3v) is 3.56. The Morgan fingerprint density at radius 2 is 1.91 bits per heavy atom. The largest absolute Gasteiger partial charge is 0.454 e. The lowest BCUT2D eigenvalue weighted by Crippen LogP contribution is -2.08. The standard InChI is InChI=1S/C16H11Cl2NO3/c17-11-3-4-13(12(18)8-11)19-16(20)6-2-10-1-5-14-15(7-10)22-9-21-14/h1-8H,9H2,(H,19,20)/b6-2+. The second-order valence-electron chi connectivity index (χ2n) is 4.56. The van der Waals surface area contributed by atoms with Crippen LogP contribution in [0.3, 0.4) is 0 Å². The van der Waals surface area contributed by atoms with Gasteiger partial charge in [0.1, 0.15) is 0 Å². The molecule has 6 heteroatoms. The summed E-state index contributed by atoms with van der Waals surface area (Å²) in [5.41, 5.74) is 1.34. The van der Waals surface area contributed by atoms with Gasteiger partial charge < -0.3 is 14.8 Å². The molecule has 0 bridgehead atoms. The van der Waals surface area contributed by atoms with E-state index in [4.69, 9.17) is 32.7 Å². The molecule has 22 heavy (non-hydrogen) atoms. The Labute approximate surface area is 137 Å². The predicted molar refractivity (Wildman–Crippen MR) is 86.7 cm³/mol. The lowest BCUT2D eigenvalue weighted by atomic mass is 10.2. The summed E-state index contributed by atoms with van der Waals surface area (Å²) in [6.45, 7) is 0.220. The maximum Gasteiger partial charge on any atom is 0.248 e. The van der Waals surface area contributed by atoms with Gasteiger partial charge in [0.05, 0.1) is 10.7 Å². The third-order valence-electron chi connectivity index (χ3n) is 3.01. The molecule has 0 saturated carbocycles. The van der Waals surface area contributed by atoms with Crippen molar-refractivity contribution in [3.8, 4) is 11.5 Å². The smallest absolute Gasteiger partial charge is 0.248 e. The van der Waals surface area contributed by atoms with Crippen molar-refractivity contribution in [3.05, 3.63) is 58.1 Å². The van der Waals surface area contributed by atoms with Crippen LogP contribution >= 0.6 is 23.2 Å². The van der Waals surface area contributed by atoms with Crippen molar-refractivity contribution in [2.24, 2.45) is 0 Å². The summed E-state index contributed by atoms with van der Waals surface area (Å²) < 4.78 is 10.5. The summed E-state index contributed by atoms with van der Waals surface area (Å²) in [6, 6.07) is 10.3. The predicted octanol–water partition coefficient (Wildman–Crippen LogP) is 4.37. The molecule has 0 saturated heterocycles. The lowest BCUT2D eigenvalue weighted by molar-refractivity contribution is -0.111. The molecule has 3 rings (SSSR count). The fourth-order valence-electron chi connectivity index (χ4n) is 1.95. The van der Waals surface area contributed by atoms with Crippen LogP contribution in [0.2, 0.25) is 10.0 Å². The molecule has 0 spiro atoms. The Morgan fingerprint density at radius 1 is 1.09 bits per heavy atom. The number of carbonyl (C=O) groups excluding carboxylic acids is 1. The van der Waals surface area contributed by atoms with Crippen molar-refractivity contribution < 1.29 is 14.3 Å². The molecule has 0 radical (unpaired) electrons. The summed E-state index contributed by atoms with van der Waals surface area (Å²) in [5.74, 6) is 1.08. The van der Waals surface area contributed by atoms with E-state index >= 15 is 0 Å². The summed E-state index contributed by atoms with van der Waals surface area (Å²) in [7, 11) is 0. The molecule has 0 aromatic heterocycles. The normalized spacial score (nSPS) is 12.6. The van der Waals surface area contributed by atoms with Gasteiger partial charge in [-0.05, 0) is 42.0 Å². The highest BCUT2D eigenvalue weighted by Crippen LogP contribution is 2.32. The molecule has 1 amide bonds. The first-order chi connectivity index (χ1) is 10.6. The number of benzene rings is 2. The van der Waals surface area contributed by atoms with E-state index in [2.05, 4.69) is 5.32 Å². The molecular weight excluding hydrogens is 325 g/mol. The van der Waals surface area contributed by atoms with Crippen molar-refractivity contribution in [1.82, 2.24) is 0 Å². The number of hydrogen-bond acceptors (Lipinski definition) is 3. The Morgan fingerprint density at radius 3 is 2.73 bits per heavy atom. The molecule has 0 unspecified atom stereocenters. The lowest BCUT2D eigenvalue weighted by Gasteiger charge is -2.05. The van der Waals surface area contributed by atoms with E-state index in [1.165, 1.54) is 6.08 Å². The molecular formula is C16H11Cl2NO3. The van der Waals surface area contributed by atoms with Crippen LogP contribution in [0.25, 0.3) is 6.08 Å². The van der Waals surface area contributed by atoms with Crippen molar-refractivity contribution in [2.75, 3.05) is 12.1 Å². The minimum atomic E-state index is -0.290. The number of hydrogen-bond donors (Lipinski definition) is 1. The van der Waals surface area contributed by atoms with E-state index in [0.29, 0.717) is 27.2 Å². The van der Waals surface area contributed by atoms with Gasteiger partial charge in [0, 0.05) is 11.1 Å². The zero-order valence-electron chi connectivity index (χ0n) is 11.3. The minimum Gasteiger partial charge on any atom is -0.454 e. The Kier molecular flexibility index (Phi) is 4.22. The van der Waals surface area contributed by atoms with E-state index in [1.807, 2.05) is 6.07 Å². The highest BCUT2D eigenvalue weighted by molar-refractivity contribution is 6.36. The highest BCUT2D eigenvalue weighted by Gasteiger charge is 2.12. The van der Waals surface area contributed by atoms with Crippen molar-refractivity contribution in [2.45, 2.75) is 0 Å². The molecule has 1 aliphatic heterocycles. The van der Waals surface area contributed by atoms with E-state index < -0.39 is 0 Å². The van der Waals surface area contributed by atoms with Crippen molar-refractivity contribution in [3.63, 3.8) is 0 Å². The Bertz CT molecular complexity index is 759. The van der Waals surface area contributed by atoms with Gasteiger partial charge in [-0.2, -0.15) is 0 Å². The molecule has 0 atom stereocenters. The second kappa shape index (κ2) is 6.30. The maximum atomic E-state index is 11.9. The van der Waals surface area contributed by atoms with Crippen LogP contribution in [-0.4, -0.2) is 12.7 Å². The summed E-state index contributed by atoms with van der Waals surface area (Å²) in [6.07, 6.45) is 3.10. The van der Waals surface area contributed by atoms with Gasteiger partial charge in [-0.3, -0.25) is 4.79 Å². The molecule has 0 fully saturated rings. The molecule has 0 aliphatic carbocycles. The highest BCUT2D eigenvalue weighted by atomic mass is 35.5. The number of amides is 1. The molecule has 2 aromatic carbocycles. The fourth-order valence-corrected chi connectivity index (χ4v) is 2.41. The van der Waals surface area contributed by atoms with Crippen LogP contribution in [0.4, 0.5) is 5.69 Å². The molecule has 112 valence electrons. The zero-order chi connectivity index (χ0) is 15.5. The van der Waals surface area contributed by atoms with Crippen LogP contribution in [0.1, 0.15) is 5.56 Å². The average Bonchev–Trinajstić information content (AvgIpc) is 2.95. The number of carbonyl (C=O) groups is 1. The van der Waals surface area contributed by atoms with Crippen LogP contribution < -0.4 is 14.8 Å². The van der Waals surface area contributed by atoms with Crippen LogP contribution in [-0.2, 0) is 4.79 Å². The SMILES string of the molecule is O=C(/C=C/c1ccc2c(c1)OCO2)Nc1ccc(Cl)cc1Cl. The summed E-state index contributed by atoms with van der Waals surface area (Å²) >= 11 is 11.8. The van der Waals surface area contributed by atoms with E-state index in [-0.39, 0.29) is 12.7 Å². The number of rotatable bonds is 3.